The lowest BCUT2D eigenvalue weighted by molar-refractivity contribution is -0.385. The summed E-state index contributed by atoms with van der Waals surface area (Å²) in [5.74, 6) is -0.808. The summed E-state index contributed by atoms with van der Waals surface area (Å²) >= 11 is 0. The molecule has 0 aliphatic rings. The normalized spacial score (nSPS) is 12.1. The van der Waals surface area contributed by atoms with E-state index in [1.54, 1.807) is 13.0 Å². The number of nitro groups is 1. The minimum Gasteiger partial charge on any atom is -0.481 e. The van der Waals surface area contributed by atoms with E-state index in [1.807, 2.05) is 0 Å². The molecule has 0 saturated heterocycles. The second kappa shape index (κ2) is 6.25. The van der Waals surface area contributed by atoms with Crippen LogP contribution >= 0.6 is 0 Å². The first-order valence-corrected chi connectivity index (χ1v) is 6.70. The van der Waals surface area contributed by atoms with Crippen LogP contribution in [0.5, 0.6) is 0 Å². The Balaban J connectivity index is 2.79. The van der Waals surface area contributed by atoms with Gasteiger partial charge in [-0.3, -0.25) is 19.1 Å². The molecule has 0 bridgehead atoms. The van der Waals surface area contributed by atoms with Crippen LogP contribution in [-0.2, 0) is 21.3 Å². The Labute approximate surface area is 106 Å². The van der Waals surface area contributed by atoms with Gasteiger partial charge in [0.05, 0.1) is 11.3 Å². The molecule has 1 rings (SSSR count). The number of carboxylic acid groups (broad SMARTS) is 1. The van der Waals surface area contributed by atoms with Crippen molar-refractivity contribution >= 4 is 22.5 Å². The monoisotopic (exact) mass is 271 g/mol. The third-order valence-electron chi connectivity index (χ3n) is 2.47. The van der Waals surface area contributed by atoms with E-state index in [-0.39, 0.29) is 23.6 Å². The molecule has 7 heteroatoms. The summed E-state index contributed by atoms with van der Waals surface area (Å²) in [6, 6.07) is 4.59. The summed E-state index contributed by atoms with van der Waals surface area (Å²) in [4.78, 5) is 20.6. The van der Waals surface area contributed by atoms with Gasteiger partial charge < -0.3 is 5.11 Å². The smallest absolute Gasteiger partial charge is 0.304 e. The van der Waals surface area contributed by atoms with E-state index in [4.69, 9.17) is 5.11 Å². The van der Waals surface area contributed by atoms with Crippen LogP contribution in [0.25, 0.3) is 0 Å². The van der Waals surface area contributed by atoms with Crippen molar-refractivity contribution in [2.45, 2.75) is 19.1 Å². The van der Waals surface area contributed by atoms with Gasteiger partial charge in [-0.1, -0.05) is 12.1 Å². The van der Waals surface area contributed by atoms with Gasteiger partial charge in [-0.05, 0) is 12.5 Å². The summed E-state index contributed by atoms with van der Waals surface area (Å²) in [5.41, 5.74) is 1.09. The van der Waals surface area contributed by atoms with E-state index >= 15 is 0 Å². The molecule has 18 heavy (non-hydrogen) atoms. The molecule has 1 atom stereocenters. The molecule has 0 radical (unpaired) electrons. The van der Waals surface area contributed by atoms with Gasteiger partial charge in [0, 0.05) is 33.9 Å². The van der Waals surface area contributed by atoms with Gasteiger partial charge in [-0.2, -0.15) is 0 Å². The molecular formula is C11H13NO5S. The molecular weight excluding hydrogens is 258 g/mol. The number of carbonyl (C=O) groups is 1. The molecule has 0 heterocycles. The van der Waals surface area contributed by atoms with Crippen molar-refractivity contribution in [3.8, 4) is 0 Å². The van der Waals surface area contributed by atoms with Gasteiger partial charge in [0.2, 0.25) is 0 Å². The summed E-state index contributed by atoms with van der Waals surface area (Å²) in [6.07, 6.45) is -0.166. The number of nitrogens with zero attached hydrogens (tertiary/aromatic N) is 1. The van der Waals surface area contributed by atoms with Crippen molar-refractivity contribution in [3.63, 3.8) is 0 Å². The van der Waals surface area contributed by atoms with Crippen molar-refractivity contribution in [2.24, 2.45) is 0 Å². The zero-order valence-electron chi connectivity index (χ0n) is 9.79. The first-order chi connectivity index (χ1) is 8.41. The molecule has 1 aromatic carbocycles. The highest BCUT2D eigenvalue weighted by Gasteiger charge is 2.15. The number of hydrogen-bond acceptors (Lipinski definition) is 4. The van der Waals surface area contributed by atoms with E-state index in [0.29, 0.717) is 11.1 Å². The standard InChI is InChI=1S/C11H13NO5S/c1-8-9(3-2-4-10(8)12(15)16)7-18(17)6-5-11(13)14/h2-4H,5-7H2,1H3,(H,13,14). The fraction of sp³-hybridized carbons (Fsp3) is 0.364. The maximum absolute atomic E-state index is 11.6. The molecule has 0 spiro atoms. The number of benzene rings is 1. The van der Waals surface area contributed by atoms with Gasteiger partial charge in [-0.25, -0.2) is 0 Å². The summed E-state index contributed by atoms with van der Waals surface area (Å²) < 4.78 is 11.6. The third-order valence-corrected chi connectivity index (χ3v) is 3.77. The lowest BCUT2D eigenvalue weighted by Gasteiger charge is -2.05. The Morgan fingerprint density at radius 1 is 1.50 bits per heavy atom. The molecule has 0 amide bonds. The number of aliphatic carboxylic acids is 1. The van der Waals surface area contributed by atoms with Gasteiger partial charge >= 0.3 is 5.97 Å². The van der Waals surface area contributed by atoms with E-state index < -0.39 is 21.7 Å². The highest BCUT2D eigenvalue weighted by atomic mass is 32.2. The number of nitro benzene ring substituents is 1. The maximum Gasteiger partial charge on any atom is 0.304 e. The zero-order chi connectivity index (χ0) is 13.7. The Morgan fingerprint density at radius 3 is 2.72 bits per heavy atom. The van der Waals surface area contributed by atoms with Crippen molar-refractivity contribution in [3.05, 3.63) is 39.4 Å². The predicted molar refractivity (Wildman–Crippen MR) is 66.8 cm³/mol. The van der Waals surface area contributed by atoms with Crippen LogP contribution in [-0.4, -0.2) is 26.0 Å². The van der Waals surface area contributed by atoms with Crippen molar-refractivity contribution in [1.82, 2.24) is 0 Å². The van der Waals surface area contributed by atoms with Gasteiger partial charge in [0.15, 0.2) is 0 Å². The molecule has 0 aliphatic carbocycles. The average Bonchev–Trinajstić information content (AvgIpc) is 2.29. The van der Waals surface area contributed by atoms with Crippen molar-refractivity contribution in [2.75, 3.05) is 5.75 Å². The molecule has 0 aliphatic heterocycles. The quantitative estimate of drug-likeness (QED) is 0.626. The molecule has 6 nitrogen and oxygen atoms in total. The van der Waals surface area contributed by atoms with Gasteiger partial charge in [-0.15, -0.1) is 0 Å². The fourth-order valence-electron chi connectivity index (χ4n) is 1.47. The third kappa shape index (κ3) is 3.92. The second-order valence-corrected chi connectivity index (χ2v) is 5.33. The predicted octanol–water partition coefficient (Wildman–Crippen LogP) is 1.63. The lowest BCUT2D eigenvalue weighted by atomic mass is 10.1. The molecule has 1 aromatic rings. The fourth-order valence-corrected chi connectivity index (χ4v) is 2.68. The molecule has 0 saturated carbocycles. The van der Waals surface area contributed by atoms with E-state index in [1.165, 1.54) is 12.1 Å². The van der Waals surface area contributed by atoms with Crippen LogP contribution in [0.1, 0.15) is 17.5 Å². The highest BCUT2D eigenvalue weighted by Crippen LogP contribution is 2.22. The zero-order valence-corrected chi connectivity index (χ0v) is 10.6. The number of rotatable bonds is 6. The van der Waals surface area contributed by atoms with Crippen molar-refractivity contribution < 1.29 is 19.0 Å². The highest BCUT2D eigenvalue weighted by molar-refractivity contribution is 7.84. The number of carboxylic acids is 1. The van der Waals surface area contributed by atoms with E-state index in [9.17, 15) is 19.1 Å². The number of hydrogen-bond donors (Lipinski definition) is 1. The van der Waals surface area contributed by atoms with Gasteiger partial charge in [0.1, 0.15) is 0 Å². The summed E-state index contributed by atoms with van der Waals surface area (Å²) in [6.45, 7) is 1.60. The SMILES string of the molecule is Cc1c(CS(=O)CCC(=O)O)cccc1[N+](=O)[O-]. The Morgan fingerprint density at radius 2 is 2.17 bits per heavy atom. The summed E-state index contributed by atoms with van der Waals surface area (Å²) in [7, 11) is -1.33. The molecule has 0 fully saturated rings. The second-order valence-electron chi connectivity index (χ2n) is 3.75. The van der Waals surface area contributed by atoms with Crippen LogP contribution in [0.4, 0.5) is 5.69 Å². The lowest BCUT2D eigenvalue weighted by Crippen LogP contribution is -2.07. The minimum absolute atomic E-state index is 0.0114. The van der Waals surface area contributed by atoms with Crippen LogP contribution in [0.2, 0.25) is 0 Å². The Hall–Kier alpha value is -1.76. The molecule has 98 valence electrons. The van der Waals surface area contributed by atoms with Crippen molar-refractivity contribution in [1.29, 1.82) is 0 Å². The first kappa shape index (κ1) is 14.3. The maximum atomic E-state index is 11.6. The van der Waals surface area contributed by atoms with Crippen LogP contribution in [0, 0.1) is 17.0 Å². The topological polar surface area (TPSA) is 97.5 Å². The molecule has 1 N–H and O–H groups in total. The Bertz CT molecular complexity index is 500. The van der Waals surface area contributed by atoms with Gasteiger partial charge in [0.25, 0.3) is 5.69 Å². The average molecular weight is 271 g/mol. The van der Waals surface area contributed by atoms with E-state index in [0.717, 1.165) is 0 Å². The summed E-state index contributed by atoms with van der Waals surface area (Å²) in [5, 5.41) is 19.2. The molecule has 0 aromatic heterocycles. The Kier molecular flexibility index (Phi) is 4.96. The van der Waals surface area contributed by atoms with E-state index in [2.05, 4.69) is 0 Å². The van der Waals surface area contributed by atoms with Crippen LogP contribution < -0.4 is 0 Å². The van der Waals surface area contributed by atoms with Crippen LogP contribution in [0.15, 0.2) is 18.2 Å². The first-order valence-electron chi connectivity index (χ1n) is 5.21. The minimum atomic E-state index is -1.33. The largest absolute Gasteiger partial charge is 0.481 e. The van der Waals surface area contributed by atoms with Crippen LogP contribution in [0.3, 0.4) is 0 Å². The molecule has 1 unspecified atom stereocenters.